The van der Waals surface area contributed by atoms with Gasteiger partial charge in [0, 0.05) is 11.4 Å². The lowest BCUT2D eigenvalue weighted by Gasteiger charge is -2.26. The molecule has 7 heteroatoms. The highest BCUT2D eigenvalue weighted by Crippen LogP contribution is 2.32. The van der Waals surface area contributed by atoms with E-state index in [2.05, 4.69) is 5.32 Å². The number of benzene rings is 1. The molecule has 0 aliphatic rings. The molecule has 0 spiro atoms. The summed E-state index contributed by atoms with van der Waals surface area (Å²) < 4.78 is 3.71. The Bertz CT molecular complexity index is 443. The van der Waals surface area contributed by atoms with E-state index in [9.17, 15) is 4.79 Å². The van der Waals surface area contributed by atoms with Crippen LogP contribution in [0.2, 0.25) is 5.02 Å². The molecule has 0 fully saturated rings. The fraction of sp³-hybridized carbons (Fsp3) is 0.462. The monoisotopic (exact) mass is 357 g/mol. The zero-order chi connectivity index (χ0) is 15.3. The van der Waals surface area contributed by atoms with Crippen LogP contribution < -0.4 is 10.1 Å². The van der Waals surface area contributed by atoms with Gasteiger partial charge in [-0.05, 0) is 30.2 Å². The van der Waals surface area contributed by atoms with Crippen molar-refractivity contribution in [2.45, 2.75) is 30.3 Å². The van der Waals surface area contributed by atoms with Crippen molar-refractivity contribution < 1.29 is 9.53 Å². The predicted octanol–water partition coefficient (Wildman–Crippen LogP) is 4.58. The van der Waals surface area contributed by atoms with Gasteiger partial charge in [0.1, 0.15) is 5.75 Å². The van der Waals surface area contributed by atoms with E-state index in [-0.39, 0.29) is 11.8 Å². The maximum atomic E-state index is 11.8. The Morgan fingerprint density at radius 3 is 2.25 bits per heavy atom. The largest absolute Gasteiger partial charge is 0.466 e. The van der Waals surface area contributed by atoms with Gasteiger partial charge < -0.3 is 10.1 Å². The molecule has 0 unspecified atom stereocenters. The zero-order valence-corrected chi connectivity index (χ0v) is 14.0. The Hall–Kier alpha value is -0.350. The molecule has 0 saturated heterocycles. The third kappa shape index (κ3) is 6.40. The molecule has 0 saturated carbocycles. The quantitative estimate of drug-likeness (QED) is 0.618. The van der Waals surface area contributed by atoms with E-state index < -0.39 is 10.0 Å². The molecule has 0 aliphatic heterocycles. The number of rotatable bonds is 5. The minimum atomic E-state index is -1.79. The SMILES string of the molecule is CC(C)CC(=O)N[C@H](Oc1ccc(Cl)cc1)C(Cl)(Cl)Cl. The lowest BCUT2D eigenvalue weighted by molar-refractivity contribution is -0.124. The predicted molar refractivity (Wildman–Crippen MR) is 83.8 cm³/mol. The van der Waals surface area contributed by atoms with Gasteiger partial charge in [-0.2, -0.15) is 0 Å². The van der Waals surface area contributed by atoms with Gasteiger partial charge in [-0.15, -0.1) is 0 Å². The van der Waals surface area contributed by atoms with Crippen molar-refractivity contribution in [1.29, 1.82) is 0 Å². The maximum absolute atomic E-state index is 11.8. The van der Waals surface area contributed by atoms with E-state index >= 15 is 0 Å². The Labute approximate surface area is 138 Å². The van der Waals surface area contributed by atoms with Crippen molar-refractivity contribution in [3.8, 4) is 5.75 Å². The van der Waals surface area contributed by atoms with Gasteiger partial charge in [-0.25, -0.2) is 0 Å². The van der Waals surface area contributed by atoms with Crippen molar-refractivity contribution in [1.82, 2.24) is 5.32 Å². The summed E-state index contributed by atoms with van der Waals surface area (Å²) in [5.74, 6) is 0.391. The van der Waals surface area contributed by atoms with Crippen LogP contribution in [0.15, 0.2) is 24.3 Å². The first kappa shape index (κ1) is 17.7. The molecule has 0 bridgehead atoms. The normalized spacial score (nSPS) is 13.2. The van der Waals surface area contributed by atoms with E-state index in [0.717, 1.165) is 0 Å². The Morgan fingerprint density at radius 1 is 1.25 bits per heavy atom. The molecule has 0 heterocycles. The summed E-state index contributed by atoms with van der Waals surface area (Å²) in [4.78, 5) is 11.8. The highest BCUT2D eigenvalue weighted by Gasteiger charge is 2.36. The van der Waals surface area contributed by atoms with Crippen molar-refractivity contribution >= 4 is 52.3 Å². The van der Waals surface area contributed by atoms with Crippen LogP contribution in [0.25, 0.3) is 0 Å². The average molecular weight is 359 g/mol. The first-order valence-corrected chi connectivity index (χ1v) is 7.48. The lowest BCUT2D eigenvalue weighted by atomic mass is 10.1. The summed E-state index contributed by atoms with van der Waals surface area (Å²) in [6.45, 7) is 3.84. The summed E-state index contributed by atoms with van der Waals surface area (Å²) in [5, 5.41) is 3.12. The van der Waals surface area contributed by atoms with Crippen LogP contribution in [-0.4, -0.2) is 15.9 Å². The van der Waals surface area contributed by atoms with Crippen LogP contribution in [0.3, 0.4) is 0 Å². The minimum absolute atomic E-state index is 0.196. The molecule has 112 valence electrons. The number of alkyl halides is 3. The second-order valence-electron chi connectivity index (χ2n) is 4.66. The lowest BCUT2D eigenvalue weighted by Crippen LogP contribution is -2.48. The Kier molecular flexibility index (Phi) is 6.73. The zero-order valence-electron chi connectivity index (χ0n) is 11.0. The van der Waals surface area contributed by atoms with Gasteiger partial charge in [0.15, 0.2) is 0 Å². The van der Waals surface area contributed by atoms with Crippen LogP contribution in [0.5, 0.6) is 5.75 Å². The van der Waals surface area contributed by atoms with Crippen LogP contribution in [0.1, 0.15) is 20.3 Å². The van der Waals surface area contributed by atoms with Gasteiger partial charge in [-0.3, -0.25) is 4.79 Å². The van der Waals surface area contributed by atoms with E-state index in [1.165, 1.54) is 0 Å². The first-order valence-electron chi connectivity index (χ1n) is 5.97. The number of hydrogen-bond donors (Lipinski definition) is 1. The smallest absolute Gasteiger partial charge is 0.246 e. The molecule has 1 aromatic rings. The van der Waals surface area contributed by atoms with Crippen molar-refractivity contribution in [2.75, 3.05) is 0 Å². The number of hydrogen-bond acceptors (Lipinski definition) is 2. The summed E-state index contributed by atoms with van der Waals surface area (Å²) in [5.41, 5.74) is 0. The number of amides is 1. The summed E-state index contributed by atoms with van der Waals surface area (Å²) in [6.07, 6.45) is -0.763. The average Bonchev–Trinajstić information content (AvgIpc) is 2.28. The minimum Gasteiger partial charge on any atom is -0.466 e. The van der Waals surface area contributed by atoms with Crippen molar-refractivity contribution in [3.63, 3.8) is 0 Å². The van der Waals surface area contributed by atoms with Gasteiger partial charge in [0.05, 0.1) is 0 Å². The molecular formula is C13H15Cl4NO2. The summed E-state index contributed by atoms with van der Waals surface area (Å²) in [6, 6.07) is 6.53. The third-order valence-corrected chi connectivity index (χ3v) is 3.10. The standard InChI is InChI=1S/C13H15Cl4NO2/c1-8(2)7-11(19)18-12(13(15,16)17)20-10-5-3-9(14)4-6-10/h3-6,8,12H,7H2,1-2H3,(H,18,19)/t12-/m1/s1. The molecule has 20 heavy (non-hydrogen) atoms. The van der Waals surface area contributed by atoms with Crippen molar-refractivity contribution in [2.24, 2.45) is 5.92 Å². The van der Waals surface area contributed by atoms with Crippen LogP contribution in [0, 0.1) is 5.92 Å². The van der Waals surface area contributed by atoms with Crippen LogP contribution in [-0.2, 0) is 4.79 Å². The molecule has 1 amide bonds. The number of carbonyl (C=O) groups excluding carboxylic acids is 1. The molecule has 0 radical (unpaired) electrons. The molecule has 1 atom stereocenters. The van der Waals surface area contributed by atoms with Crippen LogP contribution >= 0.6 is 46.4 Å². The summed E-state index contributed by atoms with van der Waals surface area (Å²) in [7, 11) is 0. The number of carbonyl (C=O) groups is 1. The molecule has 0 aromatic heterocycles. The topological polar surface area (TPSA) is 38.3 Å². The third-order valence-electron chi connectivity index (χ3n) is 2.25. The number of halogens is 4. The Morgan fingerprint density at radius 2 is 1.80 bits per heavy atom. The van der Waals surface area contributed by atoms with Crippen molar-refractivity contribution in [3.05, 3.63) is 29.3 Å². The first-order chi connectivity index (χ1) is 9.18. The highest BCUT2D eigenvalue weighted by atomic mass is 35.6. The Balaban J connectivity index is 2.75. The molecule has 1 N–H and O–H groups in total. The van der Waals surface area contributed by atoms with E-state index in [0.29, 0.717) is 17.2 Å². The van der Waals surface area contributed by atoms with Gasteiger partial charge >= 0.3 is 0 Å². The molecule has 1 aromatic carbocycles. The fourth-order valence-electron chi connectivity index (χ4n) is 1.40. The molecule has 1 rings (SSSR count). The molecule has 0 aliphatic carbocycles. The van der Waals surface area contributed by atoms with Gasteiger partial charge in [0.2, 0.25) is 15.9 Å². The maximum Gasteiger partial charge on any atom is 0.246 e. The second-order valence-corrected chi connectivity index (χ2v) is 7.46. The van der Waals surface area contributed by atoms with Gasteiger partial charge in [0.25, 0.3) is 0 Å². The summed E-state index contributed by atoms with van der Waals surface area (Å²) >= 11 is 23.3. The van der Waals surface area contributed by atoms with E-state index in [4.69, 9.17) is 51.1 Å². The highest BCUT2D eigenvalue weighted by molar-refractivity contribution is 6.68. The number of nitrogens with one attached hydrogen (secondary N) is 1. The van der Waals surface area contributed by atoms with E-state index in [1.807, 2.05) is 13.8 Å². The molecular weight excluding hydrogens is 344 g/mol. The van der Waals surface area contributed by atoms with Gasteiger partial charge in [-0.1, -0.05) is 60.3 Å². The number of ether oxygens (including phenoxy) is 1. The van der Waals surface area contributed by atoms with Crippen LogP contribution in [0.4, 0.5) is 0 Å². The fourth-order valence-corrected chi connectivity index (χ4v) is 1.83. The second kappa shape index (κ2) is 7.60. The molecule has 3 nitrogen and oxygen atoms in total. The van der Waals surface area contributed by atoms with E-state index in [1.54, 1.807) is 24.3 Å².